The largest absolute Gasteiger partial charge is 0.493 e. The fourth-order valence-corrected chi connectivity index (χ4v) is 5.66. The molecule has 0 atom stereocenters. The molecule has 3 aromatic carbocycles. The van der Waals surface area contributed by atoms with E-state index in [-0.39, 0.29) is 10.9 Å². The summed E-state index contributed by atoms with van der Waals surface area (Å²) in [6.45, 7) is 1.50. The highest BCUT2D eigenvalue weighted by molar-refractivity contribution is 7.89. The van der Waals surface area contributed by atoms with Crippen LogP contribution in [0.15, 0.2) is 63.9 Å². The molecule has 0 radical (unpaired) electrons. The number of aromatic nitrogens is 1. The Hall–Kier alpha value is -3.80. The molecule has 0 saturated carbocycles. The molecule has 11 heteroatoms. The molecule has 0 aliphatic carbocycles. The van der Waals surface area contributed by atoms with Crippen molar-refractivity contribution in [1.29, 1.82) is 0 Å². The number of fused-ring (bicyclic) bond motifs is 1. The van der Waals surface area contributed by atoms with E-state index in [4.69, 9.17) is 23.4 Å². The van der Waals surface area contributed by atoms with Gasteiger partial charge in [-0.2, -0.15) is 9.29 Å². The third-order valence-corrected chi connectivity index (χ3v) is 8.02. The van der Waals surface area contributed by atoms with E-state index in [0.29, 0.717) is 60.3 Å². The number of methoxy groups -OCH3 is 3. The van der Waals surface area contributed by atoms with Crippen molar-refractivity contribution in [3.63, 3.8) is 0 Å². The van der Waals surface area contributed by atoms with Crippen molar-refractivity contribution in [3.8, 4) is 28.4 Å². The molecular formula is C26H27N3O7S. The SMILES string of the molecule is COc1cc(Nc2nc3cccc(-c4ccc(S(=O)(=O)N5CCOCC5)cc4)c3o2)cc(OC)c1OC. The Morgan fingerprint density at radius 3 is 2.22 bits per heavy atom. The van der Waals surface area contributed by atoms with E-state index >= 15 is 0 Å². The van der Waals surface area contributed by atoms with Crippen molar-refractivity contribution in [3.05, 3.63) is 54.6 Å². The first-order valence-electron chi connectivity index (χ1n) is 11.6. The number of sulfonamides is 1. The number of nitrogens with one attached hydrogen (secondary N) is 1. The molecular weight excluding hydrogens is 498 g/mol. The zero-order valence-corrected chi connectivity index (χ0v) is 21.5. The van der Waals surface area contributed by atoms with Crippen molar-refractivity contribution >= 4 is 32.8 Å². The number of hydrogen-bond acceptors (Lipinski definition) is 9. The van der Waals surface area contributed by atoms with Crippen molar-refractivity contribution < 1.29 is 31.8 Å². The maximum Gasteiger partial charge on any atom is 0.300 e. The molecule has 1 aliphatic heterocycles. The normalized spacial score (nSPS) is 14.5. The van der Waals surface area contributed by atoms with Gasteiger partial charge in [-0.1, -0.05) is 24.3 Å². The number of hydrogen-bond donors (Lipinski definition) is 1. The third-order valence-electron chi connectivity index (χ3n) is 6.10. The van der Waals surface area contributed by atoms with E-state index in [1.807, 2.05) is 18.2 Å². The van der Waals surface area contributed by atoms with Crippen LogP contribution >= 0.6 is 0 Å². The summed E-state index contributed by atoms with van der Waals surface area (Å²) in [5.74, 6) is 1.47. The highest BCUT2D eigenvalue weighted by atomic mass is 32.2. The lowest BCUT2D eigenvalue weighted by molar-refractivity contribution is 0.0730. The summed E-state index contributed by atoms with van der Waals surface area (Å²) >= 11 is 0. The molecule has 1 aliphatic rings. The number of anilines is 2. The van der Waals surface area contributed by atoms with Gasteiger partial charge in [0.25, 0.3) is 6.01 Å². The van der Waals surface area contributed by atoms with E-state index in [9.17, 15) is 8.42 Å². The monoisotopic (exact) mass is 525 g/mol. The minimum Gasteiger partial charge on any atom is -0.493 e. The maximum absolute atomic E-state index is 13.0. The number of nitrogens with zero attached hydrogens (tertiary/aromatic N) is 2. The zero-order chi connectivity index (χ0) is 26.0. The fourth-order valence-electron chi connectivity index (χ4n) is 4.25. The Balaban J connectivity index is 1.44. The first kappa shape index (κ1) is 24.9. The summed E-state index contributed by atoms with van der Waals surface area (Å²) < 4.78 is 54.9. The molecule has 2 heterocycles. The summed E-state index contributed by atoms with van der Waals surface area (Å²) in [4.78, 5) is 4.80. The molecule has 1 fully saturated rings. The van der Waals surface area contributed by atoms with Crippen LogP contribution in [0.4, 0.5) is 11.7 Å². The second-order valence-electron chi connectivity index (χ2n) is 8.25. The van der Waals surface area contributed by atoms with Gasteiger partial charge in [0.15, 0.2) is 17.1 Å². The van der Waals surface area contributed by atoms with E-state index in [2.05, 4.69) is 10.3 Å². The van der Waals surface area contributed by atoms with Crippen LogP contribution in [0.25, 0.3) is 22.2 Å². The van der Waals surface area contributed by atoms with E-state index in [1.54, 1.807) is 57.7 Å². The van der Waals surface area contributed by atoms with Gasteiger partial charge in [-0.25, -0.2) is 8.42 Å². The van der Waals surface area contributed by atoms with Crippen LogP contribution in [0.2, 0.25) is 0 Å². The topological polar surface area (TPSA) is 112 Å². The number of morpholine rings is 1. The molecule has 0 amide bonds. The molecule has 0 bridgehead atoms. The van der Waals surface area contributed by atoms with Gasteiger partial charge in [-0.15, -0.1) is 0 Å². The average Bonchev–Trinajstić information content (AvgIpc) is 3.35. The van der Waals surface area contributed by atoms with Crippen LogP contribution in [-0.2, 0) is 14.8 Å². The van der Waals surface area contributed by atoms with E-state index < -0.39 is 10.0 Å². The Kier molecular flexibility index (Phi) is 6.92. The van der Waals surface area contributed by atoms with Crippen molar-refractivity contribution in [2.45, 2.75) is 4.90 Å². The number of rotatable bonds is 8. The second kappa shape index (κ2) is 10.3. The maximum atomic E-state index is 13.0. The van der Waals surface area contributed by atoms with Gasteiger partial charge in [0.05, 0.1) is 39.4 Å². The second-order valence-corrected chi connectivity index (χ2v) is 10.2. The van der Waals surface area contributed by atoms with Gasteiger partial charge in [-0.3, -0.25) is 0 Å². The molecule has 5 rings (SSSR count). The van der Waals surface area contributed by atoms with Crippen molar-refractivity contribution in [1.82, 2.24) is 9.29 Å². The predicted molar refractivity (Wildman–Crippen MR) is 138 cm³/mol. The van der Waals surface area contributed by atoms with Crippen LogP contribution < -0.4 is 19.5 Å². The van der Waals surface area contributed by atoms with Crippen molar-refractivity contribution in [2.24, 2.45) is 0 Å². The summed E-state index contributed by atoms with van der Waals surface area (Å²) in [5.41, 5.74) is 3.46. The number of oxazole rings is 1. The first-order chi connectivity index (χ1) is 17.9. The van der Waals surface area contributed by atoms with Crippen LogP contribution in [0.3, 0.4) is 0 Å². The molecule has 1 N–H and O–H groups in total. The lowest BCUT2D eigenvalue weighted by Gasteiger charge is -2.26. The predicted octanol–water partition coefficient (Wildman–Crippen LogP) is 4.29. The molecule has 10 nitrogen and oxygen atoms in total. The van der Waals surface area contributed by atoms with Gasteiger partial charge in [0.1, 0.15) is 5.52 Å². The molecule has 1 saturated heterocycles. The first-order valence-corrected chi connectivity index (χ1v) is 13.0. The third kappa shape index (κ3) is 4.80. The zero-order valence-electron chi connectivity index (χ0n) is 20.7. The minimum absolute atomic E-state index is 0.243. The number of benzene rings is 3. The minimum atomic E-state index is -3.57. The summed E-state index contributed by atoms with van der Waals surface area (Å²) in [6, 6.07) is 16.2. The van der Waals surface area contributed by atoms with Crippen molar-refractivity contribution in [2.75, 3.05) is 52.9 Å². The van der Waals surface area contributed by atoms with Gasteiger partial charge >= 0.3 is 0 Å². The van der Waals surface area contributed by atoms with Gasteiger partial charge in [0.2, 0.25) is 15.8 Å². The Bertz CT molecular complexity index is 1490. The van der Waals surface area contributed by atoms with E-state index in [1.165, 1.54) is 4.31 Å². The Labute approximate surface area is 214 Å². The molecule has 0 unspecified atom stereocenters. The summed E-state index contributed by atoms with van der Waals surface area (Å²) in [7, 11) is 1.06. The van der Waals surface area contributed by atoms with Gasteiger partial charge < -0.3 is 28.7 Å². The van der Waals surface area contributed by atoms with Crippen LogP contribution in [-0.4, -0.2) is 65.3 Å². The molecule has 194 valence electrons. The highest BCUT2D eigenvalue weighted by Crippen LogP contribution is 2.41. The number of ether oxygens (including phenoxy) is 4. The molecule has 37 heavy (non-hydrogen) atoms. The molecule has 0 spiro atoms. The summed E-state index contributed by atoms with van der Waals surface area (Å²) in [5, 5.41) is 3.15. The highest BCUT2D eigenvalue weighted by Gasteiger charge is 2.26. The van der Waals surface area contributed by atoms with Crippen LogP contribution in [0.1, 0.15) is 0 Å². The van der Waals surface area contributed by atoms with E-state index in [0.717, 1.165) is 11.1 Å². The van der Waals surface area contributed by atoms with Gasteiger partial charge in [0, 0.05) is 36.5 Å². The molecule has 1 aromatic heterocycles. The number of para-hydroxylation sites is 1. The Morgan fingerprint density at radius 2 is 1.59 bits per heavy atom. The smallest absolute Gasteiger partial charge is 0.300 e. The van der Waals surface area contributed by atoms with Gasteiger partial charge in [-0.05, 0) is 23.8 Å². The average molecular weight is 526 g/mol. The lowest BCUT2D eigenvalue weighted by Crippen LogP contribution is -2.40. The fraction of sp³-hybridized carbons (Fsp3) is 0.269. The standard InChI is InChI=1S/C26H27N3O7S/c1-32-22-15-18(16-23(33-2)25(22)34-3)27-26-28-21-6-4-5-20(24(21)36-26)17-7-9-19(10-8-17)37(30,31)29-11-13-35-14-12-29/h4-10,15-16H,11-14H2,1-3H3,(H,27,28). The molecule has 4 aromatic rings. The quantitative estimate of drug-likeness (QED) is 0.360. The van der Waals surface area contributed by atoms with Crippen LogP contribution in [0, 0.1) is 0 Å². The van der Waals surface area contributed by atoms with Crippen LogP contribution in [0.5, 0.6) is 17.2 Å². The lowest BCUT2D eigenvalue weighted by atomic mass is 10.1. The summed E-state index contributed by atoms with van der Waals surface area (Å²) in [6.07, 6.45) is 0. The Morgan fingerprint density at radius 1 is 0.919 bits per heavy atom.